The molecule has 0 atom stereocenters. The van der Waals surface area contributed by atoms with Crippen LogP contribution in [0.2, 0.25) is 0 Å². The molecular weight excluding hydrogens is 950 g/mol. The first-order chi connectivity index (χ1) is 28.8. The molecule has 61 heavy (non-hydrogen) atoms. The quantitative estimate of drug-likeness (QED) is 0.162. The van der Waals surface area contributed by atoms with Crippen LogP contribution >= 0.6 is 11.3 Å². The van der Waals surface area contributed by atoms with Gasteiger partial charge in [0.1, 0.15) is 17.2 Å². The van der Waals surface area contributed by atoms with Crippen LogP contribution in [0.15, 0.2) is 114 Å². The minimum absolute atomic E-state index is 0. The molecule has 0 saturated carbocycles. The van der Waals surface area contributed by atoms with E-state index >= 15 is 0 Å². The zero-order chi connectivity index (χ0) is 41.8. The van der Waals surface area contributed by atoms with Crippen molar-refractivity contribution in [2.24, 2.45) is 0 Å². The number of aromatic nitrogens is 3. The molecule has 0 unspecified atom stereocenters. The van der Waals surface area contributed by atoms with Crippen LogP contribution in [0.5, 0.6) is 5.75 Å². The topological polar surface area (TPSA) is 64.1 Å². The van der Waals surface area contributed by atoms with Gasteiger partial charge in [-0.2, -0.15) is 11.3 Å². The van der Waals surface area contributed by atoms with Crippen LogP contribution in [0.3, 0.4) is 0 Å². The molecule has 308 valence electrons. The number of fused-ring (bicyclic) bond motifs is 1. The van der Waals surface area contributed by atoms with Gasteiger partial charge in [0.05, 0.1) is 33.6 Å². The number of aryl methyl sites for hydroxylation is 2. The Morgan fingerprint density at radius 3 is 2.07 bits per heavy atom. The summed E-state index contributed by atoms with van der Waals surface area (Å²) >= 11 is 1.79. The van der Waals surface area contributed by atoms with Crippen LogP contribution in [0.4, 0.5) is 0 Å². The Labute approximate surface area is 375 Å². The number of rotatable bonds is 7. The van der Waals surface area contributed by atoms with E-state index in [0.717, 1.165) is 65.9 Å². The molecule has 6 aromatic carbocycles. The van der Waals surface area contributed by atoms with Gasteiger partial charge in [-0.15, -0.1) is 17.7 Å². The maximum atomic E-state index is 11.4. The molecule has 0 aliphatic carbocycles. The summed E-state index contributed by atoms with van der Waals surface area (Å²) in [5, 5.41) is 13.7. The number of nitrogens with zero attached hydrogens (tertiary/aromatic N) is 3. The molecule has 5 nitrogen and oxygen atoms in total. The van der Waals surface area contributed by atoms with E-state index in [1.54, 1.807) is 17.4 Å². The van der Waals surface area contributed by atoms with Gasteiger partial charge in [-0.25, -0.2) is 4.98 Å². The van der Waals surface area contributed by atoms with E-state index in [1.807, 2.05) is 24.3 Å². The van der Waals surface area contributed by atoms with Crippen molar-refractivity contribution in [3.63, 3.8) is 0 Å². The summed E-state index contributed by atoms with van der Waals surface area (Å²) in [7, 11) is 0. The normalized spacial score (nSPS) is 12.2. The summed E-state index contributed by atoms with van der Waals surface area (Å²) in [5.74, 6) is 1.40. The number of imidazole rings is 1. The molecule has 0 radical (unpaired) electrons. The van der Waals surface area contributed by atoms with Crippen molar-refractivity contribution in [2.45, 2.75) is 79.6 Å². The number of thiophene rings is 1. The number of phenols is 1. The van der Waals surface area contributed by atoms with Gasteiger partial charge in [0.2, 0.25) is 0 Å². The molecule has 0 amide bonds. The van der Waals surface area contributed by atoms with Gasteiger partial charge >= 0.3 is 0 Å². The van der Waals surface area contributed by atoms with Crippen molar-refractivity contribution in [3.05, 3.63) is 143 Å². The van der Waals surface area contributed by atoms with E-state index in [0.29, 0.717) is 11.4 Å². The number of benzene rings is 6. The van der Waals surface area contributed by atoms with E-state index in [4.69, 9.17) is 14.4 Å². The second kappa shape index (κ2) is 15.1. The fraction of sp³-hybridized carbons (Fsp3) is 0.222. The van der Waals surface area contributed by atoms with Crippen molar-refractivity contribution in [2.75, 3.05) is 0 Å². The summed E-state index contributed by atoms with van der Waals surface area (Å²) in [4.78, 5) is 11.0. The third kappa shape index (κ3) is 6.62. The maximum Gasteiger partial charge on any atom is 0.149 e. The first-order valence-electron chi connectivity index (χ1n) is 20.9. The largest absolute Gasteiger partial charge is 0.507 e. The zero-order valence-corrected chi connectivity index (χ0v) is 39.1. The van der Waals surface area contributed by atoms with Gasteiger partial charge in [-0.05, 0) is 122 Å². The van der Waals surface area contributed by atoms with Crippen LogP contribution in [-0.4, -0.2) is 19.6 Å². The first kappa shape index (κ1) is 40.8. The van der Waals surface area contributed by atoms with Crippen molar-refractivity contribution < 1.29 is 30.6 Å². The fourth-order valence-corrected chi connectivity index (χ4v) is 10.4. The van der Waals surface area contributed by atoms with Crippen molar-refractivity contribution in [1.29, 1.82) is 0 Å². The minimum Gasteiger partial charge on any atom is -0.507 e. The number of aromatic hydroxyl groups is 1. The monoisotopic (exact) mass is 997 g/mol. The average molecular weight is 998 g/mol. The van der Waals surface area contributed by atoms with E-state index in [2.05, 4.69) is 152 Å². The Bertz CT molecular complexity index is 3260. The zero-order valence-electron chi connectivity index (χ0n) is 36.0. The Balaban J connectivity index is 0.00000476. The summed E-state index contributed by atoms with van der Waals surface area (Å²) in [6, 6.07) is 41.6. The Kier molecular flexibility index (Phi) is 10.1. The molecule has 7 heteroatoms. The van der Waals surface area contributed by atoms with Gasteiger partial charge in [0.25, 0.3) is 0 Å². The molecule has 4 aromatic heterocycles. The molecule has 10 aromatic rings. The number of furan rings is 1. The van der Waals surface area contributed by atoms with Crippen molar-refractivity contribution in [1.82, 2.24) is 14.5 Å². The third-order valence-electron chi connectivity index (χ3n) is 12.2. The van der Waals surface area contributed by atoms with E-state index in [9.17, 15) is 5.11 Å². The standard InChI is InChI=1S/C54H48N3O2S.Pt/c1-29(2)35-18-13-19-36(30(3)4)51(35)57-42-21-14-20-37(50(42)56-53(57)39-17-10-11-22-43(39)58)40-27-34(54(7,8)9)28-41(55-40)38-23-24-44-49-48-45(59-44)25-33(26-46(48)60-52(38)49)47-31(5)15-12-16-32(47)6;/h10-22,24-30,58H,1-9H3;/q-1;. The summed E-state index contributed by atoms with van der Waals surface area (Å²) < 4.78 is 11.2. The van der Waals surface area contributed by atoms with Gasteiger partial charge in [-0.3, -0.25) is 9.55 Å². The smallest absolute Gasteiger partial charge is 0.149 e. The molecule has 4 heterocycles. The van der Waals surface area contributed by atoms with E-state index < -0.39 is 0 Å². The second-order valence-electron chi connectivity index (χ2n) is 18.0. The van der Waals surface area contributed by atoms with Gasteiger partial charge in [0.15, 0.2) is 0 Å². The Hall–Kier alpha value is -5.55. The number of hydrogen-bond acceptors (Lipinski definition) is 5. The van der Waals surface area contributed by atoms with Crippen LogP contribution < -0.4 is 0 Å². The van der Waals surface area contributed by atoms with Crippen LogP contribution in [-0.2, 0) is 26.5 Å². The first-order valence-corrected chi connectivity index (χ1v) is 21.8. The molecule has 0 fully saturated rings. The summed E-state index contributed by atoms with van der Waals surface area (Å²) in [5.41, 5.74) is 17.3. The van der Waals surface area contributed by atoms with Gasteiger partial charge < -0.3 is 9.52 Å². The van der Waals surface area contributed by atoms with Crippen LogP contribution in [0.1, 0.15) is 88.1 Å². The van der Waals surface area contributed by atoms with E-state index in [-0.39, 0.29) is 44.1 Å². The molecule has 0 spiro atoms. The van der Waals surface area contributed by atoms with Crippen LogP contribution in [0, 0.1) is 19.9 Å². The van der Waals surface area contributed by atoms with Gasteiger partial charge in [0, 0.05) is 36.7 Å². The molecule has 1 N–H and O–H groups in total. The maximum absolute atomic E-state index is 11.4. The third-order valence-corrected chi connectivity index (χ3v) is 13.3. The SMILES string of the molecule is Cc1cccc(C)c1-c1cc2oc3c[c-]c(-c4cc(C(C)(C)C)cc(-c5cccc6c5nc(-c5ccccc5O)n6-c5c(C(C)C)cccc5C(C)C)n4)c4sc(c1)c2c34.[Pt]. The Morgan fingerprint density at radius 2 is 1.38 bits per heavy atom. The summed E-state index contributed by atoms with van der Waals surface area (Å²) in [6.45, 7) is 20.1. The molecule has 0 aliphatic heterocycles. The summed E-state index contributed by atoms with van der Waals surface area (Å²) in [6.07, 6.45) is 0. The average Bonchev–Trinajstić information content (AvgIpc) is 3.92. The predicted octanol–water partition coefficient (Wildman–Crippen LogP) is 15.3. The van der Waals surface area contributed by atoms with Crippen LogP contribution in [0.25, 0.3) is 93.1 Å². The molecule has 0 aliphatic rings. The minimum atomic E-state index is -0.174. The number of hydrogen-bond donors (Lipinski definition) is 1. The van der Waals surface area contributed by atoms with Crippen molar-refractivity contribution >= 4 is 53.7 Å². The predicted molar refractivity (Wildman–Crippen MR) is 251 cm³/mol. The van der Waals surface area contributed by atoms with Gasteiger partial charge in [-0.1, -0.05) is 115 Å². The number of para-hydroxylation sites is 3. The second-order valence-corrected chi connectivity index (χ2v) is 19.0. The molecular formula is C54H48N3O2PtS-. The number of pyridine rings is 1. The van der Waals surface area contributed by atoms with E-state index in [1.165, 1.54) is 43.6 Å². The fourth-order valence-electron chi connectivity index (χ4n) is 9.14. The molecule has 0 saturated heterocycles. The van der Waals surface area contributed by atoms with Crippen molar-refractivity contribution in [3.8, 4) is 56.5 Å². The molecule has 0 bridgehead atoms. The molecule has 10 rings (SSSR count). The number of phenolic OH excluding ortho intramolecular Hbond substituents is 1. The Morgan fingerprint density at radius 1 is 0.721 bits per heavy atom.